The van der Waals surface area contributed by atoms with Gasteiger partial charge in [0.15, 0.2) is 0 Å². The summed E-state index contributed by atoms with van der Waals surface area (Å²) >= 11 is 1.64. The molecule has 6 heteroatoms. The number of para-hydroxylation sites is 1. The van der Waals surface area contributed by atoms with E-state index >= 15 is 0 Å². The van der Waals surface area contributed by atoms with Gasteiger partial charge in [-0.25, -0.2) is 9.78 Å². The van der Waals surface area contributed by atoms with Gasteiger partial charge in [0, 0.05) is 18.6 Å². The van der Waals surface area contributed by atoms with E-state index in [1.807, 2.05) is 18.2 Å². The highest BCUT2D eigenvalue weighted by atomic mass is 32.1. The Kier molecular flexibility index (Phi) is 4.18. The molecule has 2 fully saturated rings. The second-order valence-corrected chi connectivity index (χ2v) is 7.51. The van der Waals surface area contributed by atoms with Crippen molar-refractivity contribution in [2.45, 2.75) is 44.3 Å². The predicted molar refractivity (Wildman–Crippen MR) is 92.6 cm³/mol. The number of amides is 2. The zero-order valence-electron chi connectivity index (χ0n) is 13.1. The van der Waals surface area contributed by atoms with E-state index in [0.29, 0.717) is 18.6 Å². The Bertz CT molecular complexity index is 668. The highest BCUT2D eigenvalue weighted by Crippen LogP contribution is 2.27. The van der Waals surface area contributed by atoms with Crippen molar-refractivity contribution in [3.05, 3.63) is 29.3 Å². The van der Waals surface area contributed by atoms with Gasteiger partial charge in [-0.05, 0) is 37.9 Å². The summed E-state index contributed by atoms with van der Waals surface area (Å²) in [5, 5.41) is 7.08. The number of thiazole rings is 1. The Morgan fingerprint density at radius 3 is 3.09 bits per heavy atom. The molecule has 2 atom stereocenters. The van der Waals surface area contributed by atoms with Crippen LogP contribution in [0.3, 0.4) is 0 Å². The van der Waals surface area contributed by atoms with E-state index < -0.39 is 0 Å². The highest BCUT2D eigenvalue weighted by molar-refractivity contribution is 7.18. The van der Waals surface area contributed by atoms with Crippen molar-refractivity contribution in [1.29, 1.82) is 0 Å². The fourth-order valence-corrected chi connectivity index (χ4v) is 4.69. The zero-order valence-corrected chi connectivity index (χ0v) is 13.9. The molecular weight excluding hydrogens is 308 g/mol. The number of carbonyl (C=O) groups is 1. The van der Waals surface area contributed by atoms with E-state index in [-0.39, 0.29) is 6.03 Å². The smallest absolute Gasteiger partial charge is 0.315 e. The monoisotopic (exact) mass is 330 g/mol. The Labute approximate surface area is 140 Å². The number of aromatic nitrogens is 1. The normalized spacial score (nSPS) is 24.5. The van der Waals surface area contributed by atoms with Crippen LogP contribution in [0.2, 0.25) is 0 Å². The van der Waals surface area contributed by atoms with Crippen LogP contribution in [0.5, 0.6) is 0 Å². The lowest BCUT2D eigenvalue weighted by Crippen LogP contribution is -2.49. The summed E-state index contributed by atoms with van der Waals surface area (Å²) in [5.41, 5.74) is 1.00. The molecule has 2 aliphatic heterocycles. The highest BCUT2D eigenvalue weighted by Gasteiger charge is 2.36. The number of piperidine rings is 1. The van der Waals surface area contributed by atoms with Crippen LogP contribution in [0.25, 0.3) is 10.2 Å². The number of fused-ring (bicyclic) bond motifs is 2. The molecule has 0 radical (unpaired) electrons. The number of nitrogens with zero attached hydrogens (tertiary/aromatic N) is 2. The molecule has 0 unspecified atom stereocenters. The third-order valence-corrected chi connectivity index (χ3v) is 5.95. The number of nitrogens with one attached hydrogen (secondary N) is 2. The van der Waals surface area contributed by atoms with Crippen LogP contribution in [0, 0.1) is 0 Å². The molecule has 2 saturated heterocycles. The van der Waals surface area contributed by atoms with E-state index in [0.717, 1.165) is 23.5 Å². The molecule has 23 heavy (non-hydrogen) atoms. The first-order valence-corrected chi connectivity index (χ1v) is 9.24. The number of benzene rings is 1. The van der Waals surface area contributed by atoms with Gasteiger partial charge in [-0.3, -0.25) is 4.90 Å². The van der Waals surface area contributed by atoms with Gasteiger partial charge in [0.1, 0.15) is 5.01 Å². The number of urea groups is 1. The maximum Gasteiger partial charge on any atom is 0.315 e. The average Bonchev–Trinajstić information content (AvgIpc) is 3.17. The fraction of sp³-hybridized carbons (Fsp3) is 0.529. The van der Waals surface area contributed by atoms with Crippen molar-refractivity contribution < 1.29 is 4.79 Å². The van der Waals surface area contributed by atoms with Gasteiger partial charge >= 0.3 is 6.03 Å². The maximum absolute atomic E-state index is 12.2. The van der Waals surface area contributed by atoms with Gasteiger partial charge in [0.05, 0.1) is 16.8 Å². The molecule has 2 amide bonds. The SMILES string of the molecule is O=C(NCc1nc2ccccc2s1)N[C@@H]1CCN2CCCC[C@H]12. The molecule has 0 aliphatic carbocycles. The molecule has 0 spiro atoms. The molecule has 1 aromatic heterocycles. The van der Waals surface area contributed by atoms with Crippen LogP contribution in [0.4, 0.5) is 4.79 Å². The quantitative estimate of drug-likeness (QED) is 0.910. The van der Waals surface area contributed by atoms with Crippen molar-refractivity contribution in [2.24, 2.45) is 0 Å². The molecule has 3 heterocycles. The van der Waals surface area contributed by atoms with Gasteiger partial charge in [0.2, 0.25) is 0 Å². The summed E-state index contributed by atoms with van der Waals surface area (Å²) in [6.45, 7) is 2.80. The second kappa shape index (κ2) is 6.45. The molecule has 2 aromatic rings. The minimum atomic E-state index is -0.0679. The molecular formula is C17H22N4OS. The summed E-state index contributed by atoms with van der Waals surface area (Å²) in [5.74, 6) is 0. The van der Waals surface area contributed by atoms with Crippen LogP contribution in [-0.2, 0) is 6.54 Å². The van der Waals surface area contributed by atoms with E-state index in [2.05, 4.69) is 26.6 Å². The Balaban J connectivity index is 1.31. The molecule has 0 saturated carbocycles. The largest absolute Gasteiger partial charge is 0.334 e. The average molecular weight is 330 g/mol. The third-order valence-electron chi connectivity index (χ3n) is 4.91. The van der Waals surface area contributed by atoms with Gasteiger partial charge in [-0.1, -0.05) is 18.6 Å². The molecule has 4 rings (SSSR count). The fourth-order valence-electron chi connectivity index (χ4n) is 3.79. The van der Waals surface area contributed by atoms with Crippen LogP contribution in [-0.4, -0.2) is 41.1 Å². The summed E-state index contributed by atoms with van der Waals surface area (Å²) in [6.07, 6.45) is 4.86. The Morgan fingerprint density at radius 2 is 2.17 bits per heavy atom. The number of hydrogen-bond acceptors (Lipinski definition) is 4. The molecule has 1 aromatic carbocycles. The van der Waals surface area contributed by atoms with Crippen LogP contribution in [0.1, 0.15) is 30.7 Å². The van der Waals surface area contributed by atoms with Gasteiger partial charge < -0.3 is 10.6 Å². The van der Waals surface area contributed by atoms with Crippen LogP contribution < -0.4 is 10.6 Å². The molecule has 0 bridgehead atoms. The van der Waals surface area contributed by atoms with Gasteiger partial charge in [0.25, 0.3) is 0 Å². The number of hydrogen-bond donors (Lipinski definition) is 2. The van der Waals surface area contributed by atoms with Crippen LogP contribution in [0.15, 0.2) is 24.3 Å². The standard InChI is InChI=1S/C17H22N4OS/c22-17(20-12-8-10-21-9-4-3-6-14(12)21)18-11-16-19-13-5-1-2-7-15(13)23-16/h1-2,5,7,12,14H,3-4,6,8-11H2,(H2,18,20,22)/t12-,14-/m1/s1. The lowest BCUT2D eigenvalue weighted by molar-refractivity contribution is 0.179. The van der Waals surface area contributed by atoms with E-state index in [4.69, 9.17) is 0 Å². The van der Waals surface area contributed by atoms with Gasteiger partial charge in [-0.15, -0.1) is 11.3 Å². The first-order valence-electron chi connectivity index (χ1n) is 8.42. The topological polar surface area (TPSA) is 57.3 Å². The lowest BCUT2D eigenvalue weighted by atomic mass is 9.99. The lowest BCUT2D eigenvalue weighted by Gasteiger charge is -2.32. The summed E-state index contributed by atoms with van der Waals surface area (Å²) in [7, 11) is 0. The van der Waals surface area contributed by atoms with Crippen molar-refractivity contribution in [1.82, 2.24) is 20.5 Å². The maximum atomic E-state index is 12.2. The van der Waals surface area contributed by atoms with Crippen molar-refractivity contribution >= 4 is 27.6 Å². The first-order chi connectivity index (χ1) is 11.3. The summed E-state index contributed by atoms with van der Waals surface area (Å²) < 4.78 is 1.17. The second-order valence-electron chi connectivity index (χ2n) is 6.40. The summed E-state index contributed by atoms with van der Waals surface area (Å²) in [4.78, 5) is 19.3. The van der Waals surface area contributed by atoms with Gasteiger partial charge in [-0.2, -0.15) is 0 Å². The van der Waals surface area contributed by atoms with E-state index in [1.165, 1.54) is 30.5 Å². The van der Waals surface area contributed by atoms with E-state index in [1.54, 1.807) is 11.3 Å². The Morgan fingerprint density at radius 1 is 1.26 bits per heavy atom. The minimum Gasteiger partial charge on any atom is -0.334 e. The van der Waals surface area contributed by atoms with E-state index in [9.17, 15) is 4.79 Å². The van der Waals surface area contributed by atoms with Crippen molar-refractivity contribution in [3.8, 4) is 0 Å². The first kappa shape index (κ1) is 14.9. The van der Waals surface area contributed by atoms with Crippen LogP contribution >= 0.6 is 11.3 Å². The number of carbonyl (C=O) groups excluding carboxylic acids is 1. The molecule has 2 aliphatic rings. The minimum absolute atomic E-state index is 0.0679. The molecule has 122 valence electrons. The molecule has 5 nitrogen and oxygen atoms in total. The molecule has 2 N–H and O–H groups in total. The van der Waals surface area contributed by atoms with Crippen molar-refractivity contribution in [3.63, 3.8) is 0 Å². The summed E-state index contributed by atoms with van der Waals surface area (Å²) in [6, 6.07) is 8.84. The zero-order chi connectivity index (χ0) is 15.6. The Hall–Kier alpha value is -1.66. The van der Waals surface area contributed by atoms with Crippen molar-refractivity contribution in [2.75, 3.05) is 13.1 Å². The predicted octanol–water partition coefficient (Wildman–Crippen LogP) is 2.72. The third kappa shape index (κ3) is 3.19. The number of rotatable bonds is 3.